The molecule has 7 heteroatoms. The fraction of sp³-hybridized carbons (Fsp3) is 0.476. The molecule has 2 saturated heterocycles. The molecule has 2 aliphatic rings. The first-order chi connectivity index (χ1) is 13.6. The average molecular weight is 379 g/mol. The van der Waals surface area contributed by atoms with Gasteiger partial charge in [-0.1, -0.05) is 0 Å². The first-order valence-electron chi connectivity index (χ1n) is 9.93. The molecule has 0 aliphatic carbocycles. The van der Waals surface area contributed by atoms with Crippen LogP contribution in [0.25, 0.3) is 16.7 Å². The van der Waals surface area contributed by atoms with E-state index in [2.05, 4.69) is 39.0 Å². The summed E-state index contributed by atoms with van der Waals surface area (Å²) in [5.74, 6) is 2.73. The van der Waals surface area contributed by atoms with Crippen LogP contribution in [-0.2, 0) is 4.74 Å². The minimum absolute atomic E-state index is 0.271. The van der Waals surface area contributed by atoms with Crippen LogP contribution in [0.2, 0.25) is 0 Å². The third-order valence-electron chi connectivity index (χ3n) is 5.77. The Morgan fingerprint density at radius 3 is 2.68 bits per heavy atom. The summed E-state index contributed by atoms with van der Waals surface area (Å²) in [6.07, 6.45) is 3.90. The lowest BCUT2D eigenvalue weighted by Gasteiger charge is -2.36. The van der Waals surface area contributed by atoms with Gasteiger partial charge in [0.05, 0.1) is 24.4 Å². The zero-order chi connectivity index (χ0) is 19.3. The topological polar surface area (TPSA) is 76.3 Å². The number of aliphatic hydroxyl groups is 1. The maximum Gasteiger partial charge on any atom is 0.159 e. The summed E-state index contributed by atoms with van der Waals surface area (Å²) in [5, 5.41) is 15.3. The smallest absolute Gasteiger partial charge is 0.159 e. The Bertz CT molecular complexity index is 1020. The molecule has 2 aliphatic heterocycles. The summed E-state index contributed by atoms with van der Waals surface area (Å²) in [6.45, 7) is 6.94. The summed E-state index contributed by atoms with van der Waals surface area (Å²) in [5.41, 5.74) is 3.68. The van der Waals surface area contributed by atoms with E-state index in [-0.39, 0.29) is 6.10 Å². The lowest BCUT2D eigenvalue weighted by atomic mass is 9.89. The summed E-state index contributed by atoms with van der Waals surface area (Å²) in [7, 11) is 0. The third kappa shape index (κ3) is 3.04. The third-order valence-corrected chi connectivity index (χ3v) is 5.77. The van der Waals surface area contributed by atoms with Crippen molar-refractivity contribution in [2.75, 3.05) is 31.2 Å². The molecule has 1 unspecified atom stereocenters. The van der Waals surface area contributed by atoms with Crippen molar-refractivity contribution < 1.29 is 9.84 Å². The fourth-order valence-electron chi connectivity index (χ4n) is 4.26. The highest BCUT2D eigenvalue weighted by atomic mass is 16.5. The molecule has 2 fully saturated rings. The highest BCUT2D eigenvalue weighted by molar-refractivity contribution is 5.82. The number of rotatable bonds is 3. The molecule has 1 aromatic carbocycles. The van der Waals surface area contributed by atoms with Crippen LogP contribution in [0.15, 0.2) is 24.4 Å². The Morgan fingerprint density at radius 2 is 1.93 bits per heavy atom. The molecule has 3 aromatic rings. The number of aliphatic hydroxyl groups excluding tert-OH is 1. The number of ether oxygens (including phenoxy) is 1. The Labute approximate surface area is 164 Å². The number of β-amino-alcohol motifs (C(OH)–C–C–N with tert-alkyl or cyclic N) is 1. The number of aromatic nitrogens is 4. The van der Waals surface area contributed by atoms with Crippen LogP contribution < -0.4 is 4.90 Å². The predicted octanol–water partition coefficient (Wildman–Crippen LogP) is 2.51. The second kappa shape index (κ2) is 6.83. The Kier molecular flexibility index (Phi) is 4.29. The Morgan fingerprint density at radius 1 is 1.11 bits per heavy atom. The average Bonchev–Trinajstić information content (AvgIpc) is 3.07. The molecule has 2 aromatic heterocycles. The molecule has 1 N–H and O–H groups in total. The molecule has 0 bridgehead atoms. The van der Waals surface area contributed by atoms with E-state index in [1.54, 1.807) is 0 Å². The zero-order valence-electron chi connectivity index (χ0n) is 16.3. The molecule has 0 saturated carbocycles. The molecular formula is C21H25N5O2. The van der Waals surface area contributed by atoms with Gasteiger partial charge in [-0.05, 0) is 49.9 Å². The van der Waals surface area contributed by atoms with Gasteiger partial charge in [0.25, 0.3) is 0 Å². The predicted molar refractivity (Wildman–Crippen MR) is 107 cm³/mol. The number of aryl methyl sites for hydroxylation is 2. The monoisotopic (exact) mass is 379 g/mol. The number of hydrogen-bond donors (Lipinski definition) is 1. The zero-order valence-corrected chi connectivity index (χ0v) is 16.3. The van der Waals surface area contributed by atoms with Gasteiger partial charge >= 0.3 is 0 Å². The van der Waals surface area contributed by atoms with Gasteiger partial charge in [0, 0.05) is 37.1 Å². The van der Waals surface area contributed by atoms with Crippen molar-refractivity contribution in [3.63, 3.8) is 0 Å². The van der Waals surface area contributed by atoms with Crippen molar-refractivity contribution in [3.05, 3.63) is 41.3 Å². The Hall–Kier alpha value is -2.51. The van der Waals surface area contributed by atoms with Crippen molar-refractivity contribution in [1.82, 2.24) is 19.7 Å². The maximum absolute atomic E-state index is 9.61. The highest BCUT2D eigenvalue weighted by Gasteiger charge is 2.26. The van der Waals surface area contributed by atoms with E-state index < -0.39 is 0 Å². The van der Waals surface area contributed by atoms with Crippen LogP contribution in [0.5, 0.6) is 0 Å². The van der Waals surface area contributed by atoms with Gasteiger partial charge in [-0.3, -0.25) is 0 Å². The van der Waals surface area contributed by atoms with E-state index in [1.165, 1.54) is 11.1 Å². The summed E-state index contributed by atoms with van der Waals surface area (Å²) < 4.78 is 7.62. The minimum Gasteiger partial charge on any atom is -0.389 e. The SMILES string of the molecule is Cc1nc(N2CC(O)C2)cc(-n2ncc3cc(C)c(C4CCCOC4)cc32)n1. The highest BCUT2D eigenvalue weighted by Crippen LogP contribution is 2.32. The summed E-state index contributed by atoms with van der Waals surface area (Å²) in [6, 6.07) is 6.42. The van der Waals surface area contributed by atoms with E-state index in [0.29, 0.717) is 24.8 Å². The molecule has 146 valence electrons. The largest absolute Gasteiger partial charge is 0.389 e. The maximum atomic E-state index is 9.61. The van der Waals surface area contributed by atoms with Crippen molar-refractivity contribution in [2.45, 2.75) is 38.7 Å². The van der Waals surface area contributed by atoms with E-state index in [1.807, 2.05) is 23.9 Å². The van der Waals surface area contributed by atoms with Crippen LogP contribution in [0.4, 0.5) is 5.82 Å². The van der Waals surface area contributed by atoms with Crippen LogP contribution in [0.1, 0.15) is 35.7 Å². The lowest BCUT2D eigenvalue weighted by molar-refractivity contribution is 0.0803. The summed E-state index contributed by atoms with van der Waals surface area (Å²) in [4.78, 5) is 11.2. The van der Waals surface area contributed by atoms with Crippen LogP contribution in [-0.4, -0.2) is 57.3 Å². The second-order valence-corrected chi connectivity index (χ2v) is 7.93. The fourth-order valence-corrected chi connectivity index (χ4v) is 4.26. The van der Waals surface area contributed by atoms with E-state index in [0.717, 1.165) is 48.6 Å². The van der Waals surface area contributed by atoms with Gasteiger partial charge in [-0.15, -0.1) is 0 Å². The first kappa shape index (κ1) is 17.6. The number of fused-ring (bicyclic) bond motifs is 1. The van der Waals surface area contributed by atoms with E-state index in [4.69, 9.17) is 4.74 Å². The van der Waals surface area contributed by atoms with Crippen molar-refractivity contribution in [1.29, 1.82) is 0 Å². The number of nitrogens with zero attached hydrogens (tertiary/aromatic N) is 5. The minimum atomic E-state index is -0.271. The quantitative estimate of drug-likeness (QED) is 0.754. The first-order valence-corrected chi connectivity index (χ1v) is 9.93. The normalized spacial score (nSPS) is 20.5. The van der Waals surface area contributed by atoms with Crippen LogP contribution in [0.3, 0.4) is 0 Å². The van der Waals surface area contributed by atoms with Crippen molar-refractivity contribution in [3.8, 4) is 5.82 Å². The van der Waals surface area contributed by atoms with Gasteiger partial charge in [-0.25, -0.2) is 14.6 Å². The number of benzene rings is 1. The Balaban J connectivity index is 1.57. The van der Waals surface area contributed by atoms with Crippen LogP contribution >= 0.6 is 0 Å². The molecule has 1 atom stereocenters. The van der Waals surface area contributed by atoms with E-state index in [9.17, 15) is 5.11 Å². The molecule has 5 rings (SSSR count). The van der Waals surface area contributed by atoms with E-state index >= 15 is 0 Å². The van der Waals surface area contributed by atoms with Gasteiger partial charge in [0.2, 0.25) is 0 Å². The lowest BCUT2D eigenvalue weighted by Crippen LogP contribution is -2.51. The summed E-state index contributed by atoms with van der Waals surface area (Å²) >= 11 is 0. The molecular weight excluding hydrogens is 354 g/mol. The standard InChI is InChI=1S/C21H25N5O2/c1-13-6-16-9-22-26(19(16)7-18(13)15-4-3-5-28-12-15)21-8-20(23-14(2)24-21)25-10-17(27)11-25/h6-9,15,17,27H,3-5,10-12H2,1-2H3. The molecule has 7 nitrogen and oxygen atoms in total. The molecule has 0 amide bonds. The second-order valence-electron chi connectivity index (χ2n) is 7.93. The van der Waals surface area contributed by atoms with Crippen molar-refractivity contribution >= 4 is 16.7 Å². The molecule has 4 heterocycles. The molecule has 0 radical (unpaired) electrons. The van der Waals surface area contributed by atoms with Gasteiger partial charge in [0.15, 0.2) is 5.82 Å². The molecule has 0 spiro atoms. The van der Waals surface area contributed by atoms with Crippen molar-refractivity contribution in [2.24, 2.45) is 0 Å². The van der Waals surface area contributed by atoms with Gasteiger partial charge < -0.3 is 14.7 Å². The van der Waals surface area contributed by atoms with Gasteiger partial charge in [0.1, 0.15) is 11.6 Å². The molecule has 28 heavy (non-hydrogen) atoms. The van der Waals surface area contributed by atoms with Crippen LogP contribution in [0, 0.1) is 13.8 Å². The number of anilines is 1. The number of hydrogen-bond acceptors (Lipinski definition) is 6. The van der Waals surface area contributed by atoms with Gasteiger partial charge in [-0.2, -0.15) is 5.10 Å².